The van der Waals surface area contributed by atoms with Gasteiger partial charge in [0.25, 0.3) is 0 Å². The summed E-state index contributed by atoms with van der Waals surface area (Å²) in [6.45, 7) is 5.45. The van der Waals surface area contributed by atoms with Crippen LogP contribution in [0.2, 0.25) is 0 Å². The van der Waals surface area contributed by atoms with E-state index in [1.165, 1.54) is 0 Å². The molecule has 1 aromatic rings. The first-order valence-corrected chi connectivity index (χ1v) is 10.4. The number of fused-ring (bicyclic) bond motifs is 2. The summed E-state index contributed by atoms with van der Waals surface area (Å²) < 4.78 is 11.7. The van der Waals surface area contributed by atoms with Crippen LogP contribution in [-0.4, -0.2) is 96.8 Å². The number of nitriles is 1. The molecule has 0 aliphatic carbocycles. The largest absolute Gasteiger partial charge is 0.491 e. The molecule has 2 bridgehead atoms. The number of carbonyl (C=O) groups is 1. The van der Waals surface area contributed by atoms with E-state index in [1.807, 2.05) is 0 Å². The van der Waals surface area contributed by atoms with Crippen molar-refractivity contribution in [2.75, 3.05) is 52.4 Å². The van der Waals surface area contributed by atoms with Gasteiger partial charge in [0.2, 0.25) is 0 Å². The summed E-state index contributed by atoms with van der Waals surface area (Å²) in [6, 6.07) is 8.92. The SMILES string of the molecule is N#Cc1ccc(OC[C@@H](O)CN2CC3CN(CCCCNC(=O)O)CC(C2)O3)cc1. The van der Waals surface area contributed by atoms with Gasteiger partial charge in [0.1, 0.15) is 18.5 Å². The molecule has 3 N–H and O–H groups in total. The summed E-state index contributed by atoms with van der Waals surface area (Å²) in [7, 11) is 0. The molecule has 1 aromatic carbocycles. The fourth-order valence-electron chi connectivity index (χ4n) is 4.02. The highest BCUT2D eigenvalue weighted by Gasteiger charge is 2.35. The van der Waals surface area contributed by atoms with Crippen LogP contribution in [0.1, 0.15) is 18.4 Å². The third-order valence-electron chi connectivity index (χ3n) is 5.30. The number of hydrogen-bond acceptors (Lipinski definition) is 7. The van der Waals surface area contributed by atoms with E-state index in [4.69, 9.17) is 19.8 Å². The van der Waals surface area contributed by atoms with Gasteiger partial charge in [0, 0.05) is 39.3 Å². The van der Waals surface area contributed by atoms with Crippen LogP contribution in [-0.2, 0) is 4.74 Å². The summed E-state index contributed by atoms with van der Waals surface area (Å²) >= 11 is 0. The third-order valence-corrected chi connectivity index (χ3v) is 5.30. The number of carboxylic acid groups (broad SMARTS) is 1. The van der Waals surface area contributed by atoms with E-state index in [0.29, 0.717) is 24.4 Å². The van der Waals surface area contributed by atoms with E-state index in [0.717, 1.165) is 45.6 Å². The zero-order valence-electron chi connectivity index (χ0n) is 17.1. The molecule has 9 heteroatoms. The van der Waals surface area contributed by atoms with Gasteiger partial charge in [0.15, 0.2) is 0 Å². The van der Waals surface area contributed by atoms with Gasteiger partial charge in [-0.1, -0.05) is 0 Å². The topological polar surface area (TPSA) is 118 Å². The molecule has 1 amide bonds. The number of unbranched alkanes of at least 4 members (excludes halogenated alkanes) is 1. The maximum atomic E-state index is 10.5. The Labute approximate surface area is 176 Å². The first-order valence-electron chi connectivity index (χ1n) is 10.4. The quantitative estimate of drug-likeness (QED) is 0.476. The summed E-state index contributed by atoms with van der Waals surface area (Å²) in [6.07, 6.45) is 0.464. The number of aliphatic hydroxyl groups is 1. The molecule has 2 aliphatic heterocycles. The van der Waals surface area contributed by atoms with Gasteiger partial charge in [-0.05, 0) is 43.7 Å². The smallest absolute Gasteiger partial charge is 0.404 e. The van der Waals surface area contributed by atoms with Crippen molar-refractivity contribution in [1.29, 1.82) is 5.26 Å². The number of ether oxygens (including phenoxy) is 2. The van der Waals surface area contributed by atoms with Gasteiger partial charge in [-0.3, -0.25) is 9.80 Å². The van der Waals surface area contributed by atoms with E-state index < -0.39 is 12.2 Å². The lowest BCUT2D eigenvalue weighted by atomic mass is 10.1. The normalized spacial score (nSPS) is 22.8. The summed E-state index contributed by atoms with van der Waals surface area (Å²) in [5.74, 6) is 0.640. The number of β-amino-alcohol motifs (C(OH)–C–C–N with tert-alkyl or cyclic N) is 1. The van der Waals surface area contributed by atoms with Crippen LogP contribution in [0.3, 0.4) is 0 Å². The van der Waals surface area contributed by atoms with Crippen molar-refractivity contribution in [3.8, 4) is 11.8 Å². The fraction of sp³-hybridized carbons (Fsp3) is 0.619. The Kier molecular flexibility index (Phi) is 8.28. The maximum absolute atomic E-state index is 10.5. The maximum Gasteiger partial charge on any atom is 0.404 e. The number of benzene rings is 1. The van der Waals surface area contributed by atoms with Gasteiger partial charge in [-0.25, -0.2) is 4.79 Å². The highest BCUT2D eigenvalue weighted by atomic mass is 16.5. The van der Waals surface area contributed by atoms with Crippen LogP contribution >= 0.6 is 0 Å². The molecule has 3 atom stereocenters. The minimum atomic E-state index is -0.972. The van der Waals surface area contributed by atoms with Gasteiger partial charge in [0.05, 0.1) is 23.8 Å². The van der Waals surface area contributed by atoms with E-state index in [-0.39, 0.29) is 18.8 Å². The summed E-state index contributed by atoms with van der Waals surface area (Å²) in [4.78, 5) is 15.1. The van der Waals surface area contributed by atoms with Crippen LogP contribution in [0.15, 0.2) is 24.3 Å². The Balaban J connectivity index is 1.34. The number of morpholine rings is 2. The van der Waals surface area contributed by atoms with Gasteiger partial charge in [-0.15, -0.1) is 0 Å². The number of hydrogen-bond donors (Lipinski definition) is 3. The Morgan fingerprint density at radius 3 is 2.50 bits per heavy atom. The monoisotopic (exact) mass is 418 g/mol. The highest BCUT2D eigenvalue weighted by molar-refractivity contribution is 5.64. The third kappa shape index (κ3) is 7.15. The number of amides is 1. The molecule has 9 nitrogen and oxygen atoms in total. The molecule has 0 spiro atoms. The molecule has 2 aliphatic rings. The molecule has 30 heavy (non-hydrogen) atoms. The minimum absolute atomic E-state index is 0.126. The zero-order valence-corrected chi connectivity index (χ0v) is 17.1. The Morgan fingerprint density at radius 2 is 1.87 bits per heavy atom. The fourth-order valence-corrected chi connectivity index (χ4v) is 4.02. The second kappa shape index (κ2) is 11.1. The van der Waals surface area contributed by atoms with Crippen molar-refractivity contribution in [3.05, 3.63) is 29.8 Å². The van der Waals surface area contributed by atoms with Crippen LogP contribution < -0.4 is 10.1 Å². The number of nitrogens with one attached hydrogen (secondary N) is 1. The summed E-state index contributed by atoms with van der Waals surface area (Å²) in [5.41, 5.74) is 0.578. The zero-order chi connectivity index (χ0) is 21.3. The lowest BCUT2D eigenvalue weighted by Gasteiger charge is -2.46. The number of aliphatic hydroxyl groups excluding tert-OH is 1. The minimum Gasteiger partial charge on any atom is -0.491 e. The Bertz CT molecular complexity index is 709. The van der Waals surface area contributed by atoms with Crippen molar-refractivity contribution in [2.45, 2.75) is 31.2 Å². The Morgan fingerprint density at radius 1 is 1.20 bits per heavy atom. The lowest BCUT2D eigenvalue weighted by molar-refractivity contribution is -0.143. The number of rotatable bonds is 10. The molecule has 2 heterocycles. The predicted octanol–water partition coefficient (Wildman–Crippen LogP) is 0.731. The molecule has 2 unspecified atom stereocenters. The first-order chi connectivity index (χ1) is 14.5. The molecular weight excluding hydrogens is 388 g/mol. The van der Waals surface area contributed by atoms with Crippen LogP contribution in [0.25, 0.3) is 0 Å². The van der Waals surface area contributed by atoms with E-state index in [9.17, 15) is 9.90 Å². The lowest BCUT2D eigenvalue weighted by Crippen LogP contribution is -2.60. The average molecular weight is 418 g/mol. The van der Waals surface area contributed by atoms with Gasteiger partial charge >= 0.3 is 6.09 Å². The first kappa shape index (κ1) is 22.3. The summed E-state index contributed by atoms with van der Waals surface area (Å²) in [5, 5.41) is 30.2. The average Bonchev–Trinajstić information content (AvgIpc) is 2.71. The standard InChI is InChI=1S/C21H30N4O5/c22-9-16-3-5-18(6-4-16)29-15-17(26)10-25-13-19-11-24(12-20(14-25)30-19)8-2-1-7-23-21(27)28/h3-6,17,19-20,23,26H,1-2,7-8,10-15H2,(H,27,28)/t17-,19?,20?/m0/s1. The van der Waals surface area contributed by atoms with Crippen molar-refractivity contribution < 1.29 is 24.5 Å². The number of nitrogens with zero attached hydrogens (tertiary/aromatic N) is 3. The second-order valence-corrected chi connectivity index (χ2v) is 7.90. The van der Waals surface area contributed by atoms with Crippen molar-refractivity contribution in [2.24, 2.45) is 0 Å². The molecule has 164 valence electrons. The van der Waals surface area contributed by atoms with Crippen molar-refractivity contribution in [3.63, 3.8) is 0 Å². The molecule has 0 aromatic heterocycles. The van der Waals surface area contributed by atoms with E-state index >= 15 is 0 Å². The molecule has 0 saturated carbocycles. The second-order valence-electron chi connectivity index (χ2n) is 7.90. The van der Waals surface area contributed by atoms with Crippen LogP contribution in [0, 0.1) is 11.3 Å². The van der Waals surface area contributed by atoms with E-state index in [2.05, 4.69) is 21.2 Å². The van der Waals surface area contributed by atoms with Crippen molar-refractivity contribution in [1.82, 2.24) is 15.1 Å². The van der Waals surface area contributed by atoms with Gasteiger partial charge < -0.3 is 25.0 Å². The highest BCUT2D eigenvalue weighted by Crippen LogP contribution is 2.20. The van der Waals surface area contributed by atoms with Crippen LogP contribution in [0.5, 0.6) is 5.75 Å². The van der Waals surface area contributed by atoms with Gasteiger partial charge in [-0.2, -0.15) is 5.26 Å². The predicted molar refractivity (Wildman–Crippen MR) is 109 cm³/mol. The Hall–Kier alpha value is -2.38. The molecule has 3 rings (SSSR count). The van der Waals surface area contributed by atoms with Crippen molar-refractivity contribution >= 4 is 6.09 Å². The molecule has 2 saturated heterocycles. The molecule has 0 radical (unpaired) electrons. The molecule has 2 fully saturated rings. The molecular formula is C21H30N4O5. The van der Waals surface area contributed by atoms with E-state index in [1.54, 1.807) is 24.3 Å². The van der Waals surface area contributed by atoms with Crippen LogP contribution in [0.4, 0.5) is 4.79 Å².